The highest BCUT2D eigenvalue weighted by atomic mass is 32.2. The van der Waals surface area contributed by atoms with E-state index in [2.05, 4.69) is 10.7 Å². The second-order valence-corrected chi connectivity index (χ2v) is 11.3. The fourth-order valence-corrected chi connectivity index (χ4v) is 6.37. The van der Waals surface area contributed by atoms with Gasteiger partial charge >= 0.3 is 0 Å². The van der Waals surface area contributed by atoms with Crippen molar-refractivity contribution in [3.8, 4) is 0 Å². The number of benzene rings is 4. The van der Waals surface area contributed by atoms with Crippen LogP contribution in [0, 0.1) is 16.0 Å². The summed E-state index contributed by atoms with van der Waals surface area (Å²) in [6, 6.07) is 29.5. The van der Waals surface area contributed by atoms with Gasteiger partial charge in [0.15, 0.2) is 0 Å². The van der Waals surface area contributed by atoms with E-state index >= 15 is 0 Å². The molecule has 3 amide bonds. The minimum absolute atomic E-state index is 0.0847. The number of non-ortho nitro benzene ring substituents is 1. The highest BCUT2D eigenvalue weighted by Gasteiger charge is 2.45. The Labute approximate surface area is 261 Å². The van der Waals surface area contributed by atoms with Crippen LogP contribution in [0.15, 0.2) is 113 Å². The Kier molecular flexibility index (Phi) is 8.07. The Hall–Kier alpha value is -5.11. The molecule has 4 aromatic rings. The third-order valence-corrected chi connectivity index (χ3v) is 8.59. The van der Waals surface area contributed by atoms with Crippen molar-refractivity contribution in [3.63, 3.8) is 0 Å². The van der Waals surface area contributed by atoms with Gasteiger partial charge in [0.2, 0.25) is 16.9 Å². The molecule has 11 nitrogen and oxygen atoms in total. The molecule has 0 aliphatic carbocycles. The molecule has 2 N–H and O–H groups in total. The number of thiocarbonyl (C=S) groups is 1. The van der Waals surface area contributed by atoms with Crippen molar-refractivity contribution in [2.75, 3.05) is 28.2 Å². The fraction of sp³-hybridized carbons (Fsp3) is 0.0968. The van der Waals surface area contributed by atoms with Gasteiger partial charge in [-0.15, -0.1) is 0 Å². The first-order valence-corrected chi connectivity index (χ1v) is 14.7. The molecule has 4 aromatic carbocycles. The Morgan fingerprint density at radius 1 is 0.841 bits per heavy atom. The molecular weight excluding hydrogens is 601 g/mol. The molecule has 1 atom stereocenters. The summed E-state index contributed by atoms with van der Waals surface area (Å²) in [6.45, 7) is -0.407. The van der Waals surface area contributed by atoms with Gasteiger partial charge in [-0.05, 0) is 60.7 Å². The number of fused-ring (bicyclic) bond motifs is 2. The van der Waals surface area contributed by atoms with Crippen molar-refractivity contribution in [3.05, 3.63) is 113 Å². The minimum Gasteiger partial charge on any atom is -0.384 e. The van der Waals surface area contributed by atoms with E-state index in [1.807, 2.05) is 48.5 Å². The maximum atomic E-state index is 13.8. The van der Waals surface area contributed by atoms with E-state index in [0.717, 1.165) is 26.2 Å². The number of nitro benzene ring substituents is 1. The van der Waals surface area contributed by atoms with Crippen molar-refractivity contribution in [1.82, 2.24) is 10.4 Å². The topological polar surface area (TPSA) is 128 Å². The number of hydrazine groups is 1. The van der Waals surface area contributed by atoms with Crippen molar-refractivity contribution < 1.29 is 19.3 Å². The maximum absolute atomic E-state index is 13.8. The third-order valence-electron chi connectivity index (χ3n) is 7.09. The predicted molar refractivity (Wildman–Crippen MR) is 171 cm³/mol. The molecule has 0 radical (unpaired) electrons. The van der Waals surface area contributed by atoms with Crippen LogP contribution in [0.5, 0.6) is 0 Å². The predicted octanol–water partition coefficient (Wildman–Crippen LogP) is 5.12. The van der Waals surface area contributed by atoms with Gasteiger partial charge in [-0.1, -0.05) is 54.2 Å². The molecular formula is C31H24N6O5S2. The van der Waals surface area contributed by atoms with Crippen LogP contribution in [0.25, 0.3) is 0 Å². The number of para-hydroxylation sites is 3. The van der Waals surface area contributed by atoms with Gasteiger partial charge in [0, 0.05) is 34.2 Å². The summed E-state index contributed by atoms with van der Waals surface area (Å²) in [7, 11) is 0. The van der Waals surface area contributed by atoms with Crippen LogP contribution in [-0.4, -0.2) is 45.9 Å². The number of carbonyl (C=O) groups is 3. The molecule has 0 saturated carbocycles. The summed E-state index contributed by atoms with van der Waals surface area (Å²) in [5, 5.41) is 15.0. The van der Waals surface area contributed by atoms with Gasteiger partial charge in [0.25, 0.3) is 11.6 Å². The highest BCUT2D eigenvalue weighted by Crippen LogP contribution is 2.47. The number of hydrogen-bond donors (Lipinski definition) is 2. The first-order valence-electron chi connectivity index (χ1n) is 13.5. The zero-order chi connectivity index (χ0) is 30.8. The molecule has 2 aliphatic heterocycles. The lowest BCUT2D eigenvalue weighted by molar-refractivity contribution is -0.384. The van der Waals surface area contributed by atoms with E-state index in [4.69, 9.17) is 12.2 Å². The number of carbonyl (C=O) groups excluding carboxylic acids is 3. The molecule has 1 fully saturated rings. The van der Waals surface area contributed by atoms with Gasteiger partial charge < -0.3 is 5.32 Å². The van der Waals surface area contributed by atoms with Crippen LogP contribution >= 0.6 is 24.0 Å². The Bertz CT molecular complexity index is 1740. The largest absolute Gasteiger partial charge is 0.384 e. The van der Waals surface area contributed by atoms with Crippen LogP contribution in [-0.2, 0) is 14.4 Å². The van der Waals surface area contributed by atoms with E-state index in [1.54, 1.807) is 47.0 Å². The number of nitrogens with zero attached hydrogens (tertiary/aromatic N) is 4. The Morgan fingerprint density at radius 3 is 2.05 bits per heavy atom. The zero-order valence-electron chi connectivity index (χ0n) is 23.0. The molecule has 6 rings (SSSR count). The normalized spacial score (nSPS) is 16.0. The van der Waals surface area contributed by atoms with E-state index < -0.39 is 22.7 Å². The van der Waals surface area contributed by atoms with Gasteiger partial charge in [-0.25, -0.2) is 10.4 Å². The first-order chi connectivity index (χ1) is 21.3. The van der Waals surface area contributed by atoms with Gasteiger partial charge in [0.05, 0.1) is 28.5 Å². The molecule has 0 bridgehead atoms. The smallest absolute Gasteiger partial charge is 0.269 e. The fourth-order valence-electron chi connectivity index (χ4n) is 4.96. The van der Waals surface area contributed by atoms with Crippen LogP contribution < -0.4 is 20.5 Å². The lowest BCUT2D eigenvalue weighted by Crippen LogP contribution is -2.65. The minimum atomic E-state index is -1.22. The summed E-state index contributed by atoms with van der Waals surface area (Å²) in [4.78, 5) is 56.4. The summed E-state index contributed by atoms with van der Waals surface area (Å²) >= 11 is 7.19. The zero-order valence-corrected chi connectivity index (χ0v) is 24.6. The summed E-state index contributed by atoms with van der Waals surface area (Å²) in [6.07, 6.45) is 0. The summed E-state index contributed by atoms with van der Waals surface area (Å²) in [5.41, 5.74) is 5.21. The lowest BCUT2D eigenvalue weighted by Gasteiger charge is -2.39. The number of rotatable bonds is 8. The van der Waals surface area contributed by atoms with Crippen molar-refractivity contribution >= 4 is 75.3 Å². The molecule has 2 aliphatic rings. The molecule has 13 heteroatoms. The van der Waals surface area contributed by atoms with Crippen LogP contribution in [0.1, 0.15) is 0 Å². The van der Waals surface area contributed by atoms with Gasteiger partial charge in [-0.3, -0.25) is 34.3 Å². The average molecular weight is 625 g/mol. The van der Waals surface area contributed by atoms with Crippen LogP contribution in [0.3, 0.4) is 0 Å². The number of hydrogen-bond acceptors (Lipinski definition) is 9. The second-order valence-electron chi connectivity index (χ2n) is 9.80. The molecule has 0 spiro atoms. The molecule has 2 heterocycles. The van der Waals surface area contributed by atoms with E-state index in [0.29, 0.717) is 11.4 Å². The first kappa shape index (κ1) is 29.0. The second kappa shape index (κ2) is 12.2. The number of anilines is 4. The SMILES string of the molecule is O=C1C(CNc2ccc([N+](=O)[O-])cc2)C(=O)N(c2ccccc2)C(=S)N1NCC(=O)N1c2ccccc2Sc2ccccc21. The molecule has 0 aromatic heterocycles. The quantitative estimate of drug-likeness (QED) is 0.119. The van der Waals surface area contributed by atoms with Crippen LogP contribution in [0.4, 0.5) is 28.4 Å². The monoisotopic (exact) mass is 624 g/mol. The summed E-state index contributed by atoms with van der Waals surface area (Å²) < 4.78 is 0. The molecule has 1 saturated heterocycles. The maximum Gasteiger partial charge on any atom is 0.269 e. The van der Waals surface area contributed by atoms with Gasteiger partial charge in [0.1, 0.15) is 5.92 Å². The number of amides is 3. The standard InChI is InChI=1S/C31H24N6O5S2/c38-28(35-24-10-4-6-12-26(24)44-27-13-7-5-11-25(27)35)19-33-36-30(40)23(18-32-20-14-16-22(17-15-20)37(41)42)29(39)34(31(36)43)21-8-2-1-3-9-21/h1-17,23,32-33H,18-19H2. The van der Waals surface area contributed by atoms with Crippen molar-refractivity contribution in [2.45, 2.75) is 9.79 Å². The van der Waals surface area contributed by atoms with E-state index in [9.17, 15) is 24.5 Å². The Morgan fingerprint density at radius 2 is 1.43 bits per heavy atom. The van der Waals surface area contributed by atoms with Crippen molar-refractivity contribution in [2.24, 2.45) is 5.92 Å². The number of nitrogens with one attached hydrogen (secondary N) is 2. The van der Waals surface area contributed by atoms with E-state index in [1.165, 1.54) is 29.2 Å². The highest BCUT2D eigenvalue weighted by molar-refractivity contribution is 7.99. The number of nitro groups is 1. The summed E-state index contributed by atoms with van der Waals surface area (Å²) in [5.74, 6) is -2.72. The average Bonchev–Trinajstić information content (AvgIpc) is 3.04. The lowest BCUT2D eigenvalue weighted by atomic mass is 10.0. The third kappa shape index (κ3) is 5.51. The Balaban J connectivity index is 1.25. The molecule has 1 unspecified atom stereocenters. The van der Waals surface area contributed by atoms with E-state index in [-0.39, 0.29) is 29.8 Å². The van der Waals surface area contributed by atoms with Gasteiger partial charge in [-0.2, -0.15) is 0 Å². The molecule has 220 valence electrons. The van der Waals surface area contributed by atoms with Crippen molar-refractivity contribution in [1.29, 1.82) is 0 Å². The van der Waals surface area contributed by atoms with Crippen LogP contribution in [0.2, 0.25) is 0 Å². The molecule has 44 heavy (non-hydrogen) atoms.